The smallest absolute Gasteiger partial charge is 0.422 e. The van der Waals surface area contributed by atoms with Crippen molar-refractivity contribution in [2.24, 2.45) is 4.99 Å². The van der Waals surface area contributed by atoms with E-state index in [0.29, 0.717) is 24.0 Å². The van der Waals surface area contributed by atoms with Crippen molar-refractivity contribution in [3.05, 3.63) is 47.2 Å². The maximum Gasteiger partial charge on any atom is 0.422 e. The number of hydrogen-bond acceptors (Lipinski definition) is 4. The Morgan fingerprint density at radius 3 is 2.40 bits per heavy atom. The molecule has 2 rings (SSSR count). The van der Waals surface area contributed by atoms with Crippen LogP contribution in [0.15, 0.2) is 33.8 Å². The predicted octanol–water partition coefficient (Wildman–Crippen LogP) is 4.70. The summed E-state index contributed by atoms with van der Waals surface area (Å²) < 4.78 is 48.2. The molecule has 1 heterocycles. The maximum absolute atomic E-state index is 12.5. The van der Waals surface area contributed by atoms with Crippen LogP contribution in [0.1, 0.15) is 43.5 Å². The summed E-state index contributed by atoms with van der Waals surface area (Å²) in [5.41, 5.74) is 1.27. The first kappa shape index (κ1) is 26.1. The van der Waals surface area contributed by atoms with E-state index in [1.807, 2.05) is 26.8 Å². The van der Waals surface area contributed by atoms with Gasteiger partial charge < -0.3 is 19.8 Å². The van der Waals surface area contributed by atoms with Crippen LogP contribution in [0.3, 0.4) is 0 Å². The summed E-state index contributed by atoms with van der Waals surface area (Å²) in [5.74, 6) is 1.95. The predicted molar refractivity (Wildman–Crippen MR) is 120 cm³/mol. The molecule has 0 saturated carbocycles. The van der Waals surface area contributed by atoms with Gasteiger partial charge in [-0.25, -0.2) is 4.98 Å². The molecule has 168 valence electrons. The number of hydrogen-bond donors (Lipinski definition) is 2. The molecule has 10 heteroatoms. The largest absolute Gasteiger partial charge is 0.484 e. The van der Waals surface area contributed by atoms with Crippen molar-refractivity contribution in [2.75, 3.05) is 13.7 Å². The third-order valence-electron chi connectivity index (χ3n) is 3.98. The Kier molecular flexibility index (Phi) is 9.44. The molecule has 0 atom stereocenters. The van der Waals surface area contributed by atoms with E-state index < -0.39 is 12.8 Å². The fraction of sp³-hybridized carbons (Fsp3) is 0.500. The number of nitrogens with one attached hydrogen (secondary N) is 2. The molecular formula is C20H28F3IN4O2. The second kappa shape index (κ2) is 10.9. The van der Waals surface area contributed by atoms with Gasteiger partial charge in [0.05, 0.1) is 12.7 Å². The molecule has 0 radical (unpaired) electrons. The topological polar surface area (TPSA) is 71.7 Å². The quantitative estimate of drug-likeness (QED) is 0.316. The molecule has 0 spiro atoms. The van der Waals surface area contributed by atoms with E-state index >= 15 is 0 Å². The van der Waals surface area contributed by atoms with E-state index in [-0.39, 0.29) is 41.7 Å². The van der Waals surface area contributed by atoms with Gasteiger partial charge in [0.15, 0.2) is 12.6 Å². The Morgan fingerprint density at radius 2 is 1.83 bits per heavy atom. The van der Waals surface area contributed by atoms with Gasteiger partial charge in [-0.05, 0) is 18.6 Å². The van der Waals surface area contributed by atoms with Gasteiger partial charge in [-0.3, -0.25) is 4.99 Å². The lowest BCUT2D eigenvalue weighted by Gasteiger charge is -2.16. The number of benzene rings is 1. The summed E-state index contributed by atoms with van der Waals surface area (Å²) in [5, 5.41) is 6.13. The molecule has 0 unspecified atom stereocenters. The summed E-state index contributed by atoms with van der Waals surface area (Å²) in [6, 6.07) is 5.12. The van der Waals surface area contributed by atoms with E-state index in [9.17, 15) is 13.2 Å². The zero-order valence-corrected chi connectivity index (χ0v) is 20.0. The molecule has 1 aromatic carbocycles. The van der Waals surface area contributed by atoms with Crippen molar-refractivity contribution < 1.29 is 22.3 Å². The van der Waals surface area contributed by atoms with E-state index in [1.165, 1.54) is 0 Å². The van der Waals surface area contributed by atoms with Crippen molar-refractivity contribution in [1.29, 1.82) is 0 Å². The summed E-state index contributed by atoms with van der Waals surface area (Å²) >= 11 is 0. The first-order valence-electron chi connectivity index (χ1n) is 9.17. The molecule has 30 heavy (non-hydrogen) atoms. The Hall–Kier alpha value is -1.98. The molecule has 6 nitrogen and oxygen atoms in total. The van der Waals surface area contributed by atoms with Crippen LogP contribution in [0, 0.1) is 6.92 Å². The normalized spacial score (nSPS) is 12.3. The first-order chi connectivity index (χ1) is 13.5. The third-order valence-corrected chi connectivity index (χ3v) is 3.98. The van der Waals surface area contributed by atoms with Crippen LogP contribution in [0.25, 0.3) is 0 Å². The lowest BCUT2D eigenvalue weighted by Crippen LogP contribution is -2.36. The van der Waals surface area contributed by atoms with Gasteiger partial charge >= 0.3 is 6.18 Å². The van der Waals surface area contributed by atoms with Crippen LogP contribution in [0.4, 0.5) is 13.2 Å². The van der Waals surface area contributed by atoms with Crippen molar-refractivity contribution in [1.82, 2.24) is 15.6 Å². The summed E-state index contributed by atoms with van der Waals surface area (Å²) in [6.07, 6.45) is -2.70. The number of ether oxygens (including phenoxy) is 1. The number of oxazole rings is 1. The van der Waals surface area contributed by atoms with Crippen molar-refractivity contribution in [2.45, 2.75) is 52.4 Å². The maximum atomic E-state index is 12.5. The average molecular weight is 540 g/mol. The first-order valence-corrected chi connectivity index (χ1v) is 9.17. The molecule has 0 fully saturated rings. The highest BCUT2D eigenvalue weighted by atomic mass is 127. The molecule has 0 aliphatic heterocycles. The number of nitrogens with zero attached hydrogens (tertiary/aromatic N) is 2. The van der Waals surface area contributed by atoms with E-state index in [4.69, 9.17) is 9.15 Å². The van der Waals surface area contributed by atoms with E-state index in [1.54, 1.807) is 32.3 Å². The minimum Gasteiger partial charge on any atom is -0.484 e. The van der Waals surface area contributed by atoms with Crippen molar-refractivity contribution >= 4 is 29.9 Å². The standard InChI is InChI=1S/C20H27F3N4O2.HI/c1-13-6-7-14(15(8-13)28-12-20(21,22)23)9-26-18(24-5)27-11-17-25-10-16(29-17)19(2,3)4;/h6-8,10H,9,11-12H2,1-5H3,(H2,24,26,27);1H. The van der Waals surface area contributed by atoms with Gasteiger partial charge in [-0.1, -0.05) is 32.9 Å². The highest BCUT2D eigenvalue weighted by molar-refractivity contribution is 14.0. The molecular weight excluding hydrogens is 512 g/mol. The second-order valence-electron chi connectivity index (χ2n) is 7.66. The minimum absolute atomic E-state index is 0. The van der Waals surface area contributed by atoms with Crippen molar-refractivity contribution in [3.8, 4) is 5.75 Å². The van der Waals surface area contributed by atoms with Gasteiger partial charge in [0.25, 0.3) is 0 Å². The van der Waals surface area contributed by atoms with Crippen LogP contribution >= 0.6 is 24.0 Å². The lowest BCUT2D eigenvalue weighted by molar-refractivity contribution is -0.153. The average Bonchev–Trinajstić information content (AvgIpc) is 3.10. The summed E-state index contributed by atoms with van der Waals surface area (Å²) in [4.78, 5) is 8.35. The molecule has 0 aliphatic rings. The van der Waals surface area contributed by atoms with Gasteiger partial charge in [-0.15, -0.1) is 24.0 Å². The number of guanidine groups is 1. The zero-order chi connectivity index (χ0) is 21.7. The van der Waals surface area contributed by atoms with E-state index in [0.717, 1.165) is 11.3 Å². The van der Waals surface area contributed by atoms with Crippen LogP contribution < -0.4 is 15.4 Å². The third kappa shape index (κ3) is 8.41. The number of rotatable bonds is 6. The summed E-state index contributed by atoms with van der Waals surface area (Å²) in [6.45, 7) is 7.12. The van der Waals surface area contributed by atoms with Crippen LogP contribution in [-0.4, -0.2) is 30.8 Å². The fourth-order valence-electron chi connectivity index (χ4n) is 2.40. The number of alkyl halides is 3. The van der Waals surface area contributed by atoms with Crippen molar-refractivity contribution in [3.63, 3.8) is 0 Å². The highest BCUT2D eigenvalue weighted by Gasteiger charge is 2.28. The Morgan fingerprint density at radius 1 is 1.17 bits per heavy atom. The van der Waals surface area contributed by atoms with Gasteiger partial charge in [0, 0.05) is 24.6 Å². The lowest BCUT2D eigenvalue weighted by atomic mass is 9.94. The summed E-state index contributed by atoms with van der Waals surface area (Å²) in [7, 11) is 1.60. The van der Waals surface area contributed by atoms with Crippen LogP contribution in [0.2, 0.25) is 0 Å². The molecule has 0 saturated heterocycles. The molecule has 1 aromatic heterocycles. The minimum atomic E-state index is -4.39. The van der Waals surface area contributed by atoms with Crippen LogP contribution in [0.5, 0.6) is 5.75 Å². The SMILES string of the molecule is CN=C(NCc1ncc(C(C)(C)C)o1)NCc1ccc(C)cc1OCC(F)(F)F.I. The Labute approximate surface area is 191 Å². The number of aryl methyl sites for hydroxylation is 1. The highest BCUT2D eigenvalue weighted by Crippen LogP contribution is 2.24. The molecule has 2 aromatic rings. The fourth-order valence-corrected chi connectivity index (χ4v) is 2.40. The Bertz CT molecular complexity index is 845. The molecule has 0 bridgehead atoms. The number of halogens is 4. The van der Waals surface area contributed by atoms with Gasteiger partial charge in [0.1, 0.15) is 11.5 Å². The zero-order valence-electron chi connectivity index (χ0n) is 17.7. The van der Waals surface area contributed by atoms with E-state index in [2.05, 4.69) is 20.6 Å². The molecule has 0 amide bonds. The molecule has 0 aliphatic carbocycles. The second-order valence-corrected chi connectivity index (χ2v) is 7.66. The number of aliphatic imine (C=N–C) groups is 1. The molecule has 2 N–H and O–H groups in total. The van der Waals surface area contributed by atoms with Gasteiger partial charge in [0.2, 0.25) is 5.89 Å². The van der Waals surface area contributed by atoms with Crippen LogP contribution in [-0.2, 0) is 18.5 Å². The monoisotopic (exact) mass is 540 g/mol. The number of aromatic nitrogens is 1. The van der Waals surface area contributed by atoms with Gasteiger partial charge in [-0.2, -0.15) is 13.2 Å². The Balaban J connectivity index is 0.00000450.